The predicted molar refractivity (Wildman–Crippen MR) is 47.2 cm³/mol. The minimum atomic E-state index is -0.972. The molecular formula is C7H7Cl3O. The minimum Gasteiger partial charge on any atom is -0.281 e. The molecule has 0 spiro atoms. The Bertz CT molecular complexity index is 212. The molecule has 0 heterocycles. The molecule has 0 saturated heterocycles. The number of rotatable bonds is 3. The molecule has 1 aliphatic carbocycles. The maximum Gasteiger partial charge on any atom is 0.231 e. The Kier molecular flexibility index (Phi) is 2.26. The zero-order valence-electron chi connectivity index (χ0n) is 5.74. The summed E-state index contributed by atoms with van der Waals surface area (Å²) in [6.45, 7) is 3.51. The molecule has 1 atom stereocenters. The van der Waals surface area contributed by atoms with Crippen LogP contribution in [0.4, 0.5) is 0 Å². The van der Waals surface area contributed by atoms with Gasteiger partial charge in [-0.3, -0.25) is 4.79 Å². The molecule has 1 fully saturated rings. The Morgan fingerprint density at radius 3 is 2.18 bits per heavy atom. The fourth-order valence-electron chi connectivity index (χ4n) is 1.10. The lowest BCUT2D eigenvalue weighted by Gasteiger charge is -2.08. The second kappa shape index (κ2) is 2.65. The number of allylic oxidation sites excluding steroid dienone is 1. The van der Waals surface area contributed by atoms with Crippen molar-refractivity contribution in [2.75, 3.05) is 0 Å². The molecule has 1 aliphatic rings. The molecule has 0 N–H and O–H groups in total. The summed E-state index contributed by atoms with van der Waals surface area (Å²) >= 11 is 16.8. The highest BCUT2D eigenvalue weighted by atomic mass is 35.5. The number of alkyl halides is 2. The van der Waals surface area contributed by atoms with E-state index >= 15 is 0 Å². The van der Waals surface area contributed by atoms with Crippen LogP contribution in [0.15, 0.2) is 12.7 Å². The van der Waals surface area contributed by atoms with Gasteiger partial charge in [0.2, 0.25) is 5.24 Å². The molecule has 0 aromatic carbocycles. The van der Waals surface area contributed by atoms with Gasteiger partial charge < -0.3 is 0 Å². The summed E-state index contributed by atoms with van der Waals surface area (Å²) in [5.41, 5.74) is -0.764. The largest absolute Gasteiger partial charge is 0.281 e. The van der Waals surface area contributed by atoms with E-state index in [0.29, 0.717) is 12.8 Å². The van der Waals surface area contributed by atoms with Crippen LogP contribution in [0.3, 0.4) is 0 Å². The molecule has 0 aromatic rings. The fraction of sp³-hybridized carbons (Fsp3) is 0.571. The van der Waals surface area contributed by atoms with Crippen molar-refractivity contribution in [3.05, 3.63) is 12.7 Å². The second-order valence-electron chi connectivity index (χ2n) is 2.73. The van der Waals surface area contributed by atoms with Crippen molar-refractivity contribution in [2.24, 2.45) is 5.41 Å². The van der Waals surface area contributed by atoms with Crippen molar-refractivity contribution in [1.29, 1.82) is 0 Å². The molecule has 0 aliphatic heterocycles. The number of carbonyl (C=O) groups excluding carboxylic acids is 1. The van der Waals surface area contributed by atoms with Gasteiger partial charge in [-0.2, -0.15) is 0 Å². The van der Waals surface area contributed by atoms with Crippen LogP contribution in [-0.2, 0) is 4.79 Å². The van der Waals surface area contributed by atoms with E-state index in [2.05, 4.69) is 6.58 Å². The fourth-order valence-corrected chi connectivity index (χ4v) is 2.28. The van der Waals surface area contributed by atoms with Crippen molar-refractivity contribution in [2.45, 2.75) is 17.2 Å². The molecule has 11 heavy (non-hydrogen) atoms. The topological polar surface area (TPSA) is 17.1 Å². The quantitative estimate of drug-likeness (QED) is 0.400. The summed E-state index contributed by atoms with van der Waals surface area (Å²) in [7, 11) is 0. The Morgan fingerprint density at radius 2 is 2.09 bits per heavy atom. The zero-order valence-corrected chi connectivity index (χ0v) is 8.01. The molecule has 0 aromatic heterocycles. The lowest BCUT2D eigenvalue weighted by molar-refractivity contribution is -0.116. The highest BCUT2D eigenvalue weighted by Gasteiger charge is 2.69. The van der Waals surface area contributed by atoms with E-state index in [1.54, 1.807) is 6.08 Å². The average Bonchev–Trinajstić information content (AvgIpc) is 2.36. The molecule has 0 radical (unpaired) electrons. The van der Waals surface area contributed by atoms with Gasteiger partial charge in [-0.05, 0) is 24.4 Å². The Hall–Kier alpha value is 0.280. The number of hydrogen-bond acceptors (Lipinski definition) is 1. The minimum absolute atomic E-state index is 0.428. The summed E-state index contributed by atoms with van der Waals surface area (Å²) in [6, 6.07) is 0. The standard InChI is InChI=1S/C7H7Cl3O/c1-2-3-6(5(8)11)4-7(6,9)10/h2H,1,3-4H2/t6-/m0/s1. The predicted octanol–water partition coefficient (Wildman–Crippen LogP) is 2.89. The third kappa shape index (κ3) is 1.30. The number of halogens is 3. The third-order valence-electron chi connectivity index (χ3n) is 1.97. The van der Waals surface area contributed by atoms with Gasteiger partial charge in [0.15, 0.2) is 0 Å². The molecule has 0 bridgehead atoms. The highest BCUT2D eigenvalue weighted by molar-refractivity contribution is 6.68. The molecule has 0 amide bonds. The lowest BCUT2D eigenvalue weighted by Crippen LogP contribution is -2.16. The van der Waals surface area contributed by atoms with Gasteiger partial charge in [0, 0.05) is 0 Å². The van der Waals surface area contributed by atoms with Gasteiger partial charge in [-0.1, -0.05) is 6.08 Å². The van der Waals surface area contributed by atoms with Gasteiger partial charge in [-0.25, -0.2) is 0 Å². The van der Waals surface area contributed by atoms with Gasteiger partial charge in [-0.15, -0.1) is 29.8 Å². The first kappa shape index (κ1) is 9.37. The molecule has 0 unspecified atom stereocenters. The maximum absolute atomic E-state index is 10.9. The molecule has 1 nitrogen and oxygen atoms in total. The summed E-state index contributed by atoms with van der Waals surface area (Å²) in [5, 5.41) is -0.470. The van der Waals surface area contributed by atoms with Crippen LogP contribution in [0.1, 0.15) is 12.8 Å². The van der Waals surface area contributed by atoms with E-state index in [0.717, 1.165) is 0 Å². The van der Waals surface area contributed by atoms with E-state index in [1.807, 2.05) is 0 Å². The van der Waals surface area contributed by atoms with Crippen LogP contribution in [0, 0.1) is 5.41 Å². The Labute approximate surface area is 80.3 Å². The van der Waals surface area contributed by atoms with Crippen molar-refractivity contribution < 1.29 is 4.79 Å². The van der Waals surface area contributed by atoms with Crippen LogP contribution in [-0.4, -0.2) is 9.58 Å². The molecule has 4 heteroatoms. The van der Waals surface area contributed by atoms with Gasteiger partial charge >= 0.3 is 0 Å². The highest BCUT2D eigenvalue weighted by Crippen LogP contribution is 2.67. The van der Waals surface area contributed by atoms with E-state index in [9.17, 15) is 4.79 Å². The van der Waals surface area contributed by atoms with Crippen LogP contribution in [0.5, 0.6) is 0 Å². The van der Waals surface area contributed by atoms with E-state index in [-0.39, 0.29) is 0 Å². The normalized spacial score (nSPS) is 33.0. The van der Waals surface area contributed by atoms with Gasteiger partial charge in [0.05, 0.1) is 5.41 Å². The van der Waals surface area contributed by atoms with E-state index in [1.165, 1.54) is 0 Å². The van der Waals surface area contributed by atoms with Crippen LogP contribution in [0.25, 0.3) is 0 Å². The Balaban J connectivity index is 2.79. The molecule has 1 saturated carbocycles. The summed E-state index contributed by atoms with van der Waals surface area (Å²) in [4.78, 5) is 10.9. The van der Waals surface area contributed by atoms with Crippen LogP contribution in [0.2, 0.25) is 0 Å². The van der Waals surface area contributed by atoms with Crippen molar-refractivity contribution in [3.63, 3.8) is 0 Å². The first-order valence-electron chi connectivity index (χ1n) is 3.15. The first-order chi connectivity index (χ1) is 4.96. The lowest BCUT2D eigenvalue weighted by atomic mass is 10.1. The maximum atomic E-state index is 10.9. The first-order valence-corrected chi connectivity index (χ1v) is 4.28. The molecular weight excluding hydrogens is 206 g/mol. The summed E-state index contributed by atoms with van der Waals surface area (Å²) < 4.78 is -0.972. The average molecular weight is 213 g/mol. The van der Waals surface area contributed by atoms with Gasteiger partial charge in [0.25, 0.3) is 0 Å². The van der Waals surface area contributed by atoms with E-state index in [4.69, 9.17) is 34.8 Å². The summed E-state index contributed by atoms with van der Waals surface area (Å²) in [6.07, 6.45) is 2.48. The van der Waals surface area contributed by atoms with E-state index < -0.39 is 15.0 Å². The van der Waals surface area contributed by atoms with Gasteiger partial charge in [0.1, 0.15) is 4.33 Å². The zero-order chi connectivity index (χ0) is 8.70. The van der Waals surface area contributed by atoms with Crippen molar-refractivity contribution >= 4 is 40.0 Å². The Morgan fingerprint density at radius 1 is 1.64 bits per heavy atom. The molecule has 1 rings (SSSR count). The second-order valence-corrected chi connectivity index (χ2v) is 4.56. The number of carbonyl (C=O) groups is 1. The third-order valence-corrected chi connectivity index (χ3v) is 3.32. The van der Waals surface area contributed by atoms with Crippen LogP contribution >= 0.6 is 34.8 Å². The smallest absolute Gasteiger partial charge is 0.231 e. The number of hydrogen-bond donors (Lipinski definition) is 0. The van der Waals surface area contributed by atoms with Crippen molar-refractivity contribution in [3.8, 4) is 0 Å². The summed E-state index contributed by atoms with van der Waals surface area (Å²) in [5.74, 6) is 0. The van der Waals surface area contributed by atoms with Crippen LogP contribution < -0.4 is 0 Å². The SMILES string of the molecule is C=CC[C@@]1(C(=O)Cl)CC1(Cl)Cl. The molecule has 62 valence electrons. The van der Waals surface area contributed by atoms with Crippen molar-refractivity contribution in [1.82, 2.24) is 0 Å². The monoisotopic (exact) mass is 212 g/mol.